The molecule has 0 N–H and O–H groups in total. The van der Waals surface area contributed by atoms with Crippen LogP contribution < -0.4 is 22.2 Å². The van der Waals surface area contributed by atoms with E-state index in [1.165, 1.54) is 9.13 Å². The summed E-state index contributed by atoms with van der Waals surface area (Å²) in [5.74, 6) is 2.22. The van der Waals surface area contributed by atoms with Crippen molar-refractivity contribution in [1.29, 1.82) is 0 Å². The Morgan fingerprint density at radius 2 is 0.948 bits per heavy atom. The van der Waals surface area contributed by atoms with Crippen LogP contribution in [0.3, 0.4) is 0 Å². The van der Waals surface area contributed by atoms with Crippen molar-refractivity contribution in [2.24, 2.45) is 23.7 Å². The second-order valence-corrected chi connectivity index (χ2v) is 17.7. The molecule has 0 amide bonds. The number of fused-ring (bicyclic) bond motifs is 10. The molecule has 3 aromatic carbocycles. The van der Waals surface area contributed by atoms with Crippen molar-refractivity contribution < 1.29 is 0 Å². The Labute approximate surface area is 335 Å². The first-order chi connectivity index (χ1) is 28.3. The molecule has 4 bridgehead atoms. The fraction of sp³-hybridized carbons (Fsp3) is 0.417. The van der Waals surface area contributed by atoms with Gasteiger partial charge in [-0.1, -0.05) is 63.1 Å². The first kappa shape index (κ1) is 35.8. The van der Waals surface area contributed by atoms with Gasteiger partial charge in [-0.2, -0.15) is 0 Å². The number of aromatic nitrogens is 4. The summed E-state index contributed by atoms with van der Waals surface area (Å²) >= 11 is 0. The van der Waals surface area contributed by atoms with Gasteiger partial charge in [0, 0.05) is 48.3 Å². The van der Waals surface area contributed by atoms with Crippen LogP contribution in [0.4, 0.5) is 0 Å². The normalized spacial score (nSPS) is 27.9. The highest BCUT2D eigenvalue weighted by Crippen LogP contribution is 2.45. The summed E-state index contributed by atoms with van der Waals surface area (Å²) < 4.78 is 2.89. The van der Waals surface area contributed by atoms with Crippen molar-refractivity contribution in [3.05, 3.63) is 138 Å². The van der Waals surface area contributed by atoms with E-state index in [9.17, 15) is 19.2 Å². The third-order valence-corrected chi connectivity index (χ3v) is 15.2. The van der Waals surface area contributed by atoms with Gasteiger partial charge < -0.3 is 0 Å². The van der Waals surface area contributed by atoms with E-state index in [2.05, 4.69) is 33.6 Å². The maximum Gasteiger partial charge on any atom is 0.262 e. The van der Waals surface area contributed by atoms with E-state index < -0.39 is 34.3 Å². The number of benzene rings is 3. The van der Waals surface area contributed by atoms with Crippen molar-refractivity contribution in [3.8, 4) is 0 Å². The lowest BCUT2D eigenvalue weighted by atomic mass is 9.72. The molecule has 58 heavy (non-hydrogen) atoms. The maximum atomic E-state index is 14.9. The molecule has 6 aliphatic rings. The predicted octanol–water partition coefficient (Wildman–Crippen LogP) is 6.43. The summed E-state index contributed by atoms with van der Waals surface area (Å²) in [4.78, 5) is 74.0. The topological polar surface area (TPSA) is 110 Å². The van der Waals surface area contributed by atoms with Crippen LogP contribution in [-0.4, -0.2) is 67.2 Å². The first-order valence-electron chi connectivity index (χ1n) is 21.4. The average Bonchev–Trinajstić information content (AvgIpc) is 3.66. The molecule has 10 nitrogen and oxygen atoms in total. The molecule has 13 rings (SSSR count). The summed E-state index contributed by atoms with van der Waals surface area (Å²) in [5, 5.41) is 2.59. The lowest BCUT2D eigenvalue weighted by Crippen LogP contribution is -2.57. The summed E-state index contributed by atoms with van der Waals surface area (Å²) in [6, 6.07) is 21.6. The van der Waals surface area contributed by atoms with Crippen molar-refractivity contribution in [1.82, 2.24) is 28.9 Å². The van der Waals surface area contributed by atoms with Crippen LogP contribution in [0.25, 0.3) is 43.4 Å². The summed E-state index contributed by atoms with van der Waals surface area (Å²) in [5.41, 5.74) is 1.74. The summed E-state index contributed by atoms with van der Waals surface area (Å²) in [6.45, 7) is 8.23. The summed E-state index contributed by atoms with van der Waals surface area (Å²) in [6.07, 6.45) is 9.75. The molecule has 0 aliphatic carbocycles. The Kier molecular flexibility index (Phi) is 8.42. The lowest BCUT2D eigenvalue weighted by Gasteiger charge is -2.52. The van der Waals surface area contributed by atoms with Gasteiger partial charge in [0.1, 0.15) is 0 Å². The second-order valence-electron chi connectivity index (χ2n) is 17.7. The Morgan fingerprint density at radius 1 is 0.552 bits per heavy atom. The molecule has 6 fully saturated rings. The number of nitrogens with zero attached hydrogens (tertiary/aromatic N) is 6. The van der Waals surface area contributed by atoms with Gasteiger partial charge in [-0.15, -0.1) is 0 Å². The minimum atomic E-state index is -0.564. The van der Waals surface area contributed by atoms with Gasteiger partial charge in [0.05, 0.1) is 44.7 Å². The van der Waals surface area contributed by atoms with Crippen molar-refractivity contribution in [2.75, 3.05) is 26.2 Å². The van der Waals surface area contributed by atoms with Crippen LogP contribution in [-0.2, 0) is 0 Å². The molecule has 10 unspecified atom stereocenters. The quantitative estimate of drug-likeness (QED) is 0.174. The van der Waals surface area contributed by atoms with E-state index in [1.54, 1.807) is 24.5 Å². The Morgan fingerprint density at radius 3 is 1.31 bits per heavy atom. The zero-order valence-corrected chi connectivity index (χ0v) is 33.1. The average molecular weight is 773 g/mol. The molecular weight excluding hydrogens is 725 g/mol. The number of rotatable bonds is 8. The van der Waals surface area contributed by atoms with Crippen molar-refractivity contribution >= 4 is 43.4 Å². The highest BCUT2D eigenvalue weighted by Gasteiger charge is 2.46. The standard InChI is InChI=1S/C48H48N6O4/c1-3-27-25-51-19-15-29(27)21-41(51)43(33-13-17-49-39-11-7-5-9-31(33)39)53-45(55)35-23-37-38(24-36(35)46(53)56)48(58)54(47(37)57)44(34-14-18-50-40-12-8-6-10-32(34)40)42-22-30-16-20-52(42)26-28(30)4-2/h5-14,17-18,23-24,27-30,41-44H,3-4,15-16,19-22,25-26H2,1-2H3. The fourth-order valence-electron chi connectivity index (χ4n) is 12.2. The van der Waals surface area contributed by atoms with Crippen LogP contribution >= 0.6 is 0 Å². The molecule has 294 valence electrons. The Hall–Kier alpha value is -5.32. The van der Waals surface area contributed by atoms with Crippen molar-refractivity contribution in [2.45, 2.75) is 76.5 Å². The van der Waals surface area contributed by atoms with Gasteiger partial charge in [-0.05, 0) is 110 Å². The Bertz CT molecular complexity index is 2690. The number of pyridine rings is 2. The highest BCUT2D eigenvalue weighted by molar-refractivity contribution is 5.98. The van der Waals surface area contributed by atoms with Gasteiger partial charge >= 0.3 is 0 Å². The van der Waals surface area contributed by atoms with E-state index in [0.717, 1.165) is 97.6 Å². The maximum absolute atomic E-state index is 14.9. The van der Waals surface area contributed by atoms with Gasteiger partial charge in [0.15, 0.2) is 0 Å². The SMILES string of the molecule is CCC1CN2CCC1CC2C(c1ccnc2ccccc12)n1c(=O)c2cc3c(=O)n(C(c4ccnc5ccccc45)C4CC5CCN4CC5CC)c(=O)c3cc2c1=O. The van der Waals surface area contributed by atoms with E-state index in [-0.39, 0.29) is 33.6 Å². The van der Waals surface area contributed by atoms with E-state index in [4.69, 9.17) is 0 Å². The minimum Gasteiger partial charge on any atom is -0.298 e. The molecule has 6 saturated heterocycles. The second kappa shape index (κ2) is 13.6. The third kappa shape index (κ3) is 5.23. The van der Waals surface area contributed by atoms with Crippen LogP contribution in [0.5, 0.6) is 0 Å². The van der Waals surface area contributed by atoms with E-state index in [1.807, 2.05) is 60.7 Å². The van der Waals surface area contributed by atoms with Gasteiger partial charge in [0.2, 0.25) is 0 Å². The monoisotopic (exact) mass is 772 g/mol. The van der Waals surface area contributed by atoms with E-state index >= 15 is 0 Å². The molecular formula is C48H48N6O4. The zero-order chi connectivity index (χ0) is 39.4. The molecule has 4 aromatic heterocycles. The third-order valence-electron chi connectivity index (χ3n) is 15.2. The molecule has 6 aliphatic heterocycles. The lowest BCUT2D eigenvalue weighted by molar-refractivity contribution is -0.0159. The van der Waals surface area contributed by atoms with Gasteiger partial charge in [-0.3, -0.25) is 48.1 Å². The van der Waals surface area contributed by atoms with Crippen LogP contribution in [0, 0.1) is 23.7 Å². The number of hydrogen-bond acceptors (Lipinski definition) is 8. The number of hydrogen-bond donors (Lipinski definition) is 0. The number of para-hydroxylation sites is 2. The Balaban J connectivity index is 1.11. The van der Waals surface area contributed by atoms with Crippen molar-refractivity contribution in [3.63, 3.8) is 0 Å². The van der Waals surface area contributed by atoms with Gasteiger partial charge in [-0.25, -0.2) is 0 Å². The van der Waals surface area contributed by atoms with Gasteiger partial charge in [0.25, 0.3) is 22.2 Å². The molecule has 10 heteroatoms. The first-order valence-corrected chi connectivity index (χ1v) is 21.4. The smallest absolute Gasteiger partial charge is 0.262 e. The zero-order valence-electron chi connectivity index (χ0n) is 33.1. The van der Waals surface area contributed by atoms with Crippen LogP contribution in [0.2, 0.25) is 0 Å². The molecule has 7 aromatic rings. The van der Waals surface area contributed by atoms with Crippen LogP contribution in [0.15, 0.2) is 104 Å². The predicted molar refractivity (Wildman–Crippen MR) is 228 cm³/mol. The molecule has 0 spiro atoms. The van der Waals surface area contributed by atoms with E-state index in [0.29, 0.717) is 23.7 Å². The molecule has 10 heterocycles. The van der Waals surface area contributed by atoms with Crippen LogP contribution in [0.1, 0.15) is 75.6 Å². The minimum absolute atomic E-state index is 0.0655. The highest BCUT2D eigenvalue weighted by atomic mass is 16.2. The summed E-state index contributed by atoms with van der Waals surface area (Å²) in [7, 11) is 0. The largest absolute Gasteiger partial charge is 0.298 e. The fourth-order valence-corrected chi connectivity index (χ4v) is 12.2. The molecule has 0 saturated carbocycles. The molecule has 0 radical (unpaired) electrons. The number of piperidine rings is 6. The molecule has 10 atom stereocenters.